The number of rotatable bonds is 6. The van der Waals surface area contributed by atoms with Gasteiger partial charge in [-0.1, -0.05) is 0 Å². The van der Waals surface area contributed by atoms with E-state index in [0.717, 1.165) is 0 Å². The number of sulfonamides is 1. The number of hydrogen-bond acceptors (Lipinski definition) is 4. The second-order valence-corrected chi connectivity index (χ2v) is 7.45. The largest absolute Gasteiger partial charge is 0.457 e. The molecule has 0 saturated carbocycles. The first kappa shape index (κ1) is 18.6. The Morgan fingerprint density at radius 1 is 0.852 bits per heavy atom. The predicted molar refractivity (Wildman–Crippen MR) is 100 cm³/mol. The fraction of sp³-hybridized carbons (Fsp3) is 0.0500. The highest BCUT2D eigenvalue weighted by Crippen LogP contribution is 2.24. The maximum atomic E-state index is 12.9. The second-order valence-electron chi connectivity index (χ2n) is 5.77. The molecule has 0 aromatic heterocycles. The zero-order valence-corrected chi connectivity index (χ0v) is 15.2. The van der Waals surface area contributed by atoms with Crippen molar-refractivity contribution in [2.75, 3.05) is 4.72 Å². The minimum atomic E-state index is -3.80. The van der Waals surface area contributed by atoms with Crippen LogP contribution in [0.3, 0.4) is 0 Å². The summed E-state index contributed by atoms with van der Waals surface area (Å²) in [7, 11) is -3.80. The van der Waals surface area contributed by atoms with Crippen LogP contribution in [0.1, 0.15) is 17.3 Å². The molecule has 138 valence electrons. The first-order valence-electron chi connectivity index (χ1n) is 8.01. The normalized spacial score (nSPS) is 11.0. The first-order chi connectivity index (χ1) is 12.8. The third-order valence-corrected chi connectivity index (χ3v) is 5.12. The molecule has 27 heavy (non-hydrogen) atoms. The molecule has 5 nitrogen and oxygen atoms in total. The van der Waals surface area contributed by atoms with Gasteiger partial charge in [0.05, 0.1) is 4.90 Å². The van der Waals surface area contributed by atoms with E-state index in [1.54, 1.807) is 24.3 Å². The topological polar surface area (TPSA) is 72.5 Å². The first-order valence-corrected chi connectivity index (χ1v) is 9.49. The zero-order valence-electron chi connectivity index (χ0n) is 14.3. The molecule has 0 bridgehead atoms. The van der Waals surface area contributed by atoms with Crippen molar-refractivity contribution in [3.8, 4) is 11.5 Å². The van der Waals surface area contributed by atoms with Gasteiger partial charge < -0.3 is 4.74 Å². The van der Waals surface area contributed by atoms with Crippen molar-refractivity contribution in [3.63, 3.8) is 0 Å². The van der Waals surface area contributed by atoms with E-state index in [1.165, 1.54) is 55.5 Å². The number of Topliss-reactive ketones (excluding diaryl/α,β-unsaturated/α-hetero) is 1. The molecule has 0 aliphatic carbocycles. The highest BCUT2D eigenvalue weighted by atomic mass is 32.2. The second kappa shape index (κ2) is 7.59. The number of carbonyl (C=O) groups is 1. The summed E-state index contributed by atoms with van der Waals surface area (Å²) in [6.07, 6.45) is 0. The lowest BCUT2D eigenvalue weighted by molar-refractivity contribution is 0.101. The highest BCUT2D eigenvalue weighted by molar-refractivity contribution is 7.92. The summed E-state index contributed by atoms with van der Waals surface area (Å²) in [4.78, 5) is 11.3. The minimum Gasteiger partial charge on any atom is -0.457 e. The minimum absolute atomic E-state index is 0.0373. The van der Waals surface area contributed by atoms with Crippen LogP contribution >= 0.6 is 0 Å². The molecule has 0 aliphatic heterocycles. The van der Waals surface area contributed by atoms with Crippen molar-refractivity contribution in [2.45, 2.75) is 11.8 Å². The lowest BCUT2D eigenvalue weighted by atomic mass is 10.1. The van der Waals surface area contributed by atoms with Gasteiger partial charge in [0.1, 0.15) is 17.3 Å². The number of benzene rings is 3. The smallest absolute Gasteiger partial charge is 0.261 e. The molecule has 3 aromatic carbocycles. The van der Waals surface area contributed by atoms with E-state index < -0.39 is 15.8 Å². The summed E-state index contributed by atoms with van der Waals surface area (Å²) in [5.74, 6) is 0.493. The fourth-order valence-corrected chi connectivity index (χ4v) is 3.37. The maximum Gasteiger partial charge on any atom is 0.261 e. The number of nitrogens with one attached hydrogen (secondary N) is 1. The van der Waals surface area contributed by atoms with Crippen molar-refractivity contribution in [3.05, 3.63) is 84.2 Å². The summed E-state index contributed by atoms with van der Waals surface area (Å²) in [6.45, 7) is 1.48. The van der Waals surface area contributed by atoms with Gasteiger partial charge >= 0.3 is 0 Å². The van der Waals surface area contributed by atoms with E-state index in [2.05, 4.69) is 4.72 Å². The van der Waals surface area contributed by atoms with Crippen LogP contribution in [0.5, 0.6) is 11.5 Å². The summed E-state index contributed by atoms with van der Waals surface area (Å²) in [6, 6.07) is 17.5. The average Bonchev–Trinajstić information content (AvgIpc) is 2.64. The van der Waals surface area contributed by atoms with Gasteiger partial charge in [0.25, 0.3) is 10.0 Å². The number of hydrogen-bond donors (Lipinski definition) is 1. The summed E-state index contributed by atoms with van der Waals surface area (Å²) < 4.78 is 45.7. The number of ketones is 1. The maximum absolute atomic E-state index is 12.9. The molecule has 0 heterocycles. The zero-order chi connectivity index (χ0) is 19.4. The van der Waals surface area contributed by atoms with Crippen molar-refractivity contribution in [1.29, 1.82) is 0 Å². The van der Waals surface area contributed by atoms with E-state index in [0.29, 0.717) is 17.1 Å². The Morgan fingerprint density at radius 2 is 1.37 bits per heavy atom. The molecule has 0 spiro atoms. The molecule has 0 saturated heterocycles. The lowest BCUT2D eigenvalue weighted by Crippen LogP contribution is -2.12. The van der Waals surface area contributed by atoms with Gasteiger partial charge in [-0.3, -0.25) is 9.52 Å². The van der Waals surface area contributed by atoms with Gasteiger partial charge in [-0.25, -0.2) is 12.8 Å². The Balaban J connectivity index is 1.72. The van der Waals surface area contributed by atoms with E-state index in [4.69, 9.17) is 4.74 Å². The van der Waals surface area contributed by atoms with E-state index in [1.807, 2.05) is 0 Å². The Morgan fingerprint density at radius 3 is 1.89 bits per heavy atom. The Kier molecular flexibility index (Phi) is 5.23. The quantitative estimate of drug-likeness (QED) is 0.629. The Labute approximate surface area is 156 Å². The van der Waals surface area contributed by atoms with Crippen molar-refractivity contribution >= 4 is 21.5 Å². The van der Waals surface area contributed by atoms with E-state index in [9.17, 15) is 17.6 Å². The van der Waals surface area contributed by atoms with Crippen LogP contribution in [-0.2, 0) is 10.0 Å². The fourth-order valence-electron chi connectivity index (χ4n) is 2.31. The Bertz CT molecular complexity index is 1040. The molecule has 1 N–H and O–H groups in total. The SMILES string of the molecule is CC(=O)c1ccc(Oc2ccc(S(=O)(=O)Nc3ccc(F)cc3)cc2)cc1. The van der Waals surface area contributed by atoms with Crippen LogP contribution in [-0.4, -0.2) is 14.2 Å². The number of carbonyl (C=O) groups excluding carboxylic acids is 1. The third kappa shape index (κ3) is 4.71. The molecule has 0 aliphatic rings. The van der Waals surface area contributed by atoms with Crippen LogP contribution < -0.4 is 9.46 Å². The van der Waals surface area contributed by atoms with Gasteiger partial charge in [-0.15, -0.1) is 0 Å². The number of anilines is 1. The summed E-state index contributed by atoms with van der Waals surface area (Å²) in [5, 5.41) is 0. The van der Waals surface area contributed by atoms with Gasteiger partial charge in [0.2, 0.25) is 0 Å². The molecule has 3 aromatic rings. The van der Waals surface area contributed by atoms with Crippen molar-refractivity contribution in [2.24, 2.45) is 0 Å². The Hall–Kier alpha value is -3.19. The summed E-state index contributed by atoms with van der Waals surface area (Å²) in [5.41, 5.74) is 0.845. The van der Waals surface area contributed by atoms with Gasteiger partial charge in [-0.2, -0.15) is 0 Å². The van der Waals surface area contributed by atoms with Gasteiger partial charge in [-0.05, 0) is 79.7 Å². The van der Waals surface area contributed by atoms with E-state index >= 15 is 0 Å². The molecule has 7 heteroatoms. The van der Waals surface area contributed by atoms with Gasteiger partial charge in [0.15, 0.2) is 5.78 Å². The standard InChI is InChI=1S/C20H16FNO4S/c1-14(23)15-2-8-18(9-3-15)26-19-10-12-20(13-11-19)27(24,25)22-17-6-4-16(21)5-7-17/h2-13,22H,1H3. The lowest BCUT2D eigenvalue weighted by Gasteiger charge is -2.10. The van der Waals surface area contributed by atoms with Crippen LogP contribution in [0.15, 0.2) is 77.7 Å². The average molecular weight is 385 g/mol. The number of ether oxygens (including phenoxy) is 1. The van der Waals surface area contributed by atoms with Crippen LogP contribution in [0.4, 0.5) is 10.1 Å². The summed E-state index contributed by atoms with van der Waals surface area (Å²) >= 11 is 0. The van der Waals surface area contributed by atoms with E-state index in [-0.39, 0.29) is 16.4 Å². The number of halogens is 1. The van der Waals surface area contributed by atoms with Crippen LogP contribution in [0, 0.1) is 5.82 Å². The molecular weight excluding hydrogens is 369 g/mol. The van der Waals surface area contributed by atoms with Crippen LogP contribution in [0.2, 0.25) is 0 Å². The van der Waals surface area contributed by atoms with Crippen molar-refractivity contribution < 1.29 is 22.3 Å². The highest BCUT2D eigenvalue weighted by Gasteiger charge is 2.14. The predicted octanol–water partition coefficient (Wildman–Crippen LogP) is 4.62. The molecule has 3 rings (SSSR count). The van der Waals surface area contributed by atoms with Crippen LogP contribution in [0.25, 0.3) is 0 Å². The molecule has 0 atom stereocenters. The molecule has 0 fully saturated rings. The van der Waals surface area contributed by atoms with Crippen molar-refractivity contribution in [1.82, 2.24) is 0 Å². The molecular formula is C20H16FNO4S. The molecule has 0 amide bonds. The third-order valence-electron chi connectivity index (χ3n) is 3.73. The molecule has 0 unspecified atom stereocenters. The molecule has 0 radical (unpaired) electrons. The van der Waals surface area contributed by atoms with Gasteiger partial charge in [0, 0.05) is 11.3 Å². The monoisotopic (exact) mass is 385 g/mol.